The summed E-state index contributed by atoms with van der Waals surface area (Å²) in [5, 5.41) is 6.61. The zero-order valence-corrected chi connectivity index (χ0v) is 27.7. The van der Waals surface area contributed by atoms with Crippen LogP contribution in [0, 0.1) is 0 Å². The normalized spacial score (nSPS) is 18.0. The summed E-state index contributed by atoms with van der Waals surface area (Å²) in [6, 6.07) is 62.8. The van der Waals surface area contributed by atoms with Crippen molar-refractivity contribution in [1.82, 2.24) is 0 Å². The van der Waals surface area contributed by atoms with Crippen LogP contribution in [0.4, 0.5) is 5.69 Å². The number of hydrogen-bond donors (Lipinski definition) is 1. The highest BCUT2D eigenvalue weighted by molar-refractivity contribution is 6.21. The molecule has 0 saturated heterocycles. The number of aliphatic imine (C=N–C) groups is 1. The molecule has 0 saturated carbocycles. The van der Waals surface area contributed by atoms with Crippen LogP contribution in [0.25, 0.3) is 55.3 Å². The fourth-order valence-electron chi connectivity index (χ4n) is 9.98. The average Bonchev–Trinajstić information content (AvgIpc) is 3.80. The van der Waals surface area contributed by atoms with E-state index in [-0.39, 0.29) is 6.17 Å². The van der Waals surface area contributed by atoms with Crippen molar-refractivity contribution in [2.75, 3.05) is 5.32 Å². The van der Waals surface area contributed by atoms with E-state index in [1.165, 1.54) is 83.1 Å². The Labute approximate surface area is 296 Å². The van der Waals surface area contributed by atoms with Gasteiger partial charge in [-0.15, -0.1) is 0 Å². The maximum Gasteiger partial charge on any atom is 0.145 e. The van der Waals surface area contributed by atoms with Gasteiger partial charge in [0.25, 0.3) is 0 Å². The van der Waals surface area contributed by atoms with Gasteiger partial charge >= 0.3 is 0 Å². The lowest BCUT2D eigenvalue weighted by Crippen LogP contribution is -2.29. The lowest BCUT2D eigenvalue weighted by atomic mass is 9.68. The first-order valence-electron chi connectivity index (χ1n) is 17.8. The zero-order chi connectivity index (χ0) is 33.3. The van der Waals surface area contributed by atoms with Gasteiger partial charge in [0.2, 0.25) is 0 Å². The van der Waals surface area contributed by atoms with Crippen LogP contribution in [-0.4, -0.2) is 5.71 Å². The molecule has 2 atom stereocenters. The van der Waals surface area contributed by atoms with Crippen molar-refractivity contribution in [1.29, 1.82) is 0 Å². The molecule has 0 aromatic heterocycles. The molecule has 8 aromatic carbocycles. The third-order valence-electron chi connectivity index (χ3n) is 11.8. The molecule has 4 aliphatic rings. The van der Waals surface area contributed by atoms with Gasteiger partial charge in [0.15, 0.2) is 0 Å². The highest BCUT2D eigenvalue weighted by Crippen LogP contribution is 2.66. The van der Waals surface area contributed by atoms with Gasteiger partial charge in [-0.25, -0.2) is 0 Å². The standard InChI is InChI=1S/C49H30N2/c1-2-14-29(15-3-1)47-36-20-8-11-27-43(36)50-48(51-47)38-24-13-22-34-32-18-6-9-25-40(32)49(46(34)38)41-26-10-7-19-35(41)45-37-23-12-21-33-30-16-4-5-17-31(30)39(44(33)37)28-42(45)49/h1-28,48,50H. The van der Waals surface area contributed by atoms with E-state index >= 15 is 0 Å². The van der Waals surface area contributed by atoms with E-state index in [1.807, 2.05) is 0 Å². The topological polar surface area (TPSA) is 24.4 Å². The molecular formula is C49H30N2. The molecule has 0 bridgehead atoms. The lowest BCUT2D eigenvalue weighted by Gasteiger charge is -2.35. The minimum atomic E-state index is -0.520. The van der Waals surface area contributed by atoms with Gasteiger partial charge in [-0.05, 0) is 89.7 Å². The van der Waals surface area contributed by atoms with Gasteiger partial charge in [0.1, 0.15) is 6.17 Å². The molecule has 1 heterocycles. The lowest BCUT2D eigenvalue weighted by molar-refractivity contribution is 0.742. The third kappa shape index (κ3) is 3.35. The molecule has 0 fully saturated rings. The Morgan fingerprint density at radius 2 is 1.06 bits per heavy atom. The number of nitrogens with one attached hydrogen (secondary N) is 1. The predicted molar refractivity (Wildman–Crippen MR) is 210 cm³/mol. The molecule has 2 unspecified atom stereocenters. The Bertz CT molecular complexity index is 2840. The fraction of sp³-hybridized carbons (Fsp3) is 0.0408. The Morgan fingerprint density at radius 3 is 1.88 bits per heavy atom. The molecule has 2 nitrogen and oxygen atoms in total. The van der Waals surface area contributed by atoms with Crippen molar-refractivity contribution in [2.24, 2.45) is 4.99 Å². The highest BCUT2D eigenvalue weighted by Gasteiger charge is 2.54. The largest absolute Gasteiger partial charge is 0.359 e. The van der Waals surface area contributed by atoms with Crippen molar-refractivity contribution in [2.45, 2.75) is 11.6 Å². The van der Waals surface area contributed by atoms with Crippen LogP contribution in [0.2, 0.25) is 0 Å². The van der Waals surface area contributed by atoms with Crippen molar-refractivity contribution >= 4 is 22.2 Å². The summed E-state index contributed by atoms with van der Waals surface area (Å²) in [5.74, 6) is 0. The summed E-state index contributed by atoms with van der Waals surface area (Å²) < 4.78 is 0. The van der Waals surface area contributed by atoms with Gasteiger partial charge in [0, 0.05) is 22.4 Å². The fourth-order valence-corrected chi connectivity index (χ4v) is 9.98. The number of fused-ring (bicyclic) bond motifs is 15. The van der Waals surface area contributed by atoms with E-state index in [0.29, 0.717) is 0 Å². The van der Waals surface area contributed by atoms with E-state index in [4.69, 9.17) is 4.99 Å². The van der Waals surface area contributed by atoms with Crippen LogP contribution >= 0.6 is 0 Å². The smallest absolute Gasteiger partial charge is 0.145 e. The summed E-state index contributed by atoms with van der Waals surface area (Å²) in [6.07, 6.45) is -0.282. The molecule has 1 spiro atoms. The van der Waals surface area contributed by atoms with E-state index in [0.717, 1.165) is 22.5 Å². The summed E-state index contributed by atoms with van der Waals surface area (Å²) >= 11 is 0. The minimum absolute atomic E-state index is 0.282. The number of benzene rings is 8. The Kier molecular flexibility index (Phi) is 5.25. The second kappa shape index (κ2) is 9.80. The van der Waals surface area contributed by atoms with Crippen LogP contribution in [0.1, 0.15) is 45.1 Å². The van der Waals surface area contributed by atoms with E-state index in [1.54, 1.807) is 0 Å². The highest BCUT2D eigenvalue weighted by atomic mass is 15.1. The molecule has 1 N–H and O–H groups in total. The van der Waals surface area contributed by atoms with Gasteiger partial charge in [-0.3, -0.25) is 4.99 Å². The first-order valence-corrected chi connectivity index (χ1v) is 17.8. The first kappa shape index (κ1) is 27.3. The Balaban J connectivity index is 1.21. The number of anilines is 1. The van der Waals surface area contributed by atoms with E-state index in [2.05, 4.69) is 175 Å². The molecule has 1 aliphatic heterocycles. The summed E-state index contributed by atoms with van der Waals surface area (Å²) in [7, 11) is 0. The van der Waals surface area contributed by atoms with E-state index in [9.17, 15) is 0 Å². The van der Waals surface area contributed by atoms with Crippen LogP contribution in [0.5, 0.6) is 0 Å². The van der Waals surface area contributed by atoms with E-state index < -0.39 is 5.41 Å². The van der Waals surface area contributed by atoms with Gasteiger partial charge in [-0.1, -0.05) is 158 Å². The summed E-state index contributed by atoms with van der Waals surface area (Å²) in [5.41, 5.74) is 21.0. The maximum atomic E-state index is 5.60. The summed E-state index contributed by atoms with van der Waals surface area (Å²) in [4.78, 5) is 5.60. The Morgan fingerprint density at radius 1 is 0.451 bits per heavy atom. The quantitative estimate of drug-likeness (QED) is 0.199. The number of nitrogens with zero attached hydrogens (tertiary/aromatic N) is 1. The maximum absolute atomic E-state index is 5.60. The average molecular weight is 647 g/mol. The molecule has 0 amide bonds. The molecule has 0 radical (unpaired) electrons. The van der Waals surface area contributed by atoms with Crippen LogP contribution in [0.3, 0.4) is 0 Å². The van der Waals surface area contributed by atoms with Crippen molar-refractivity contribution in [3.05, 3.63) is 209 Å². The second-order valence-corrected chi connectivity index (χ2v) is 14.2. The SMILES string of the molecule is c1ccc(C2=NC(c3cccc4c3C3(c5ccccc5-4)c4ccccc4-c4c3cc3c5c(cccc45)-c4ccccc4-3)Nc3ccccc32)cc1. The molecule has 51 heavy (non-hydrogen) atoms. The molecule has 3 aliphatic carbocycles. The Hall–Kier alpha value is -6.51. The van der Waals surface area contributed by atoms with Crippen LogP contribution < -0.4 is 5.32 Å². The molecule has 2 heteroatoms. The third-order valence-corrected chi connectivity index (χ3v) is 11.8. The predicted octanol–water partition coefficient (Wildman–Crippen LogP) is 11.8. The molecule has 236 valence electrons. The van der Waals surface area contributed by atoms with Crippen molar-refractivity contribution in [3.63, 3.8) is 0 Å². The monoisotopic (exact) mass is 646 g/mol. The van der Waals surface area contributed by atoms with Crippen LogP contribution in [0.15, 0.2) is 175 Å². The summed E-state index contributed by atoms with van der Waals surface area (Å²) in [6.45, 7) is 0. The van der Waals surface area contributed by atoms with Gasteiger partial charge in [-0.2, -0.15) is 0 Å². The zero-order valence-electron chi connectivity index (χ0n) is 27.7. The number of rotatable bonds is 2. The van der Waals surface area contributed by atoms with Crippen molar-refractivity contribution < 1.29 is 0 Å². The first-order chi connectivity index (χ1) is 25.3. The minimum Gasteiger partial charge on any atom is -0.359 e. The van der Waals surface area contributed by atoms with Gasteiger partial charge < -0.3 is 5.32 Å². The second-order valence-electron chi connectivity index (χ2n) is 14.2. The molecular weight excluding hydrogens is 617 g/mol. The number of para-hydroxylation sites is 1. The number of hydrogen-bond acceptors (Lipinski definition) is 2. The molecule has 8 aromatic rings. The molecule has 12 rings (SSSR count). The van der Waals surface area contributed by atoms with Gasteiger partial charge in [0.05, 0.1) is 11.1 Å². The van der Waals surface area contributed by atoms with Crippen LogP contribution in [-0.2, 0) is 5.41 Å². The van der Waals surface area contributed by atoms with Crippen molar-refractivity contribution in [3.8, 4) is 44.5 Å².